The van der Waals surface area contributed by atoms with Gasteiger partial charge in [0.05, 0.1) is 6.54 Å². The van der Waals surface area contributed by atoms with Crippen LogP contribution >= 0.6 is 0 Å². The number of hydrogen-bond donors (Lipinski definition) is 2. The Morgan fingerprint density at radius 1 is 1.50 bits per heavy atom. The number of carbonyl (C=O) groups is 1. The molecule has 1 rings (SSSR count). The minimum absolute atomic E-state index is 0.0222. The van der Waals surface area contributed by atoms with E-state index < -0.39 is 0 Å². The fourth-order valence-electron chi connectivity index (χ4n) is 1.79. The van der Waals surface area contributed by atoms with Crippen molar-refractivity contribution >= 4 is 5.91 Å². The van der Waals surface area contributed by atoms with Gasteiger partial charge in [0, 0.05) is 13.0 Å². The third kappa shape index (κ3) is 5.57. The molecule has 1 unspecified atom stereocenters. The van der Waals surface area contributed by atoms with Crippen LogP contribution in [-0.2, 0) is 4.79 Å². The molecule has 3 nitrogen and oxygen atoms in total. The van der Waals surface area contributed by atoms with Crippen molar-refractivity contribution in [2.75, 3.05) is 19.6 Å². The summed E-state index contributed by atoms with van der Waals surface area (Å²) in [5.74, 6) is 3.14. The van der Waals surface area contributed by atoms with E-state index in [1.165, 1.54) is 12.8 Å². The van der Waals surface area contributed by atoms with Gasteiger partial charge >= 0.3 is 0 Å². The number of amides is 1. The summed E-state index contributed by atoms with van der Waals surface area (Å²) in [4.78, 5) is 11.2. The van der Waals surface area contributed by atoms with E-state index in [4.69, 9.17) is 6.42 Å². The van der Waals surface area contributed by atoms with E-state index in [0.717, 1.165) is 25.4 Å². The zero-order chi connectivity index (χ0) is 11.6. The van der Waals surface area contributed by atoms with Crippen molar-refractivity contribution in [2.45, 2.75) is 25.7 Å². The molecule has 0 spiro atoms. The molecule has 88 valence electrons. The van der Waals surface area contributed by atoms with E-state index in [1.54, 1.807) is 0 Å². The zero-order valence-electron chi connectivity index (χ0n) is 9.67. The summed E-state index contributed by atoms with van der Waals surface area (Å²) >= 11 is 0. The van der Waals surface area contributed by atoms with Gasteiger partial charge in [-0.15, -0.1) is 6.42 Å². The number of nitrogens with one attached hydrogen (secondary N) is 2. The van der Waals surface area contributed by atoms with Crippen molar-refractivity contribution in [3.63, 3.8) is 0 Å². The van der Waals surface area contributed by atoms with Crippen LogP contribution in [0.25, 0.3) is 0 Å². The van der Waals surface area contributed by atoms with Crippen molar-refractivity contribution in [3.05, 3.63) is 12.2 Å². The smallest absolute Gasteiger partial charge is 0.222 e. The van der Waals surface area contributed by atoms with E-state index in [-0.39, 0.29) is 5.91 Å². The molecule has 1 aliphatic rings. The van der Waals surface area contributed by atoms with Crippen LogP contribution in [0.3, 0.4) is 0 Å². The van der Waals surface area contributed by atoms with Crippen LogP contribution in [0.1, 0.15) is 25.7 Å². The topological polar surface area (TPSA) is 41.1 Å². The van der Waals surface area contributed by atoms with Crippen molar-refractivity contribution in [1.82, 2.24) is 10.6 Å². The second kappa shape index (κ2) is 7.95. The van der Waals surface area contributed by atoms with Crippen LogP contribution in [0.4, 0.5) is 0 Å². The highest BCUT2D eigenvalue weighted by Crippen LogP contribution is 2.16. The lowest BCUT2D eigenvalue weighted by Gasteiger charge is -2.17. The van der Waals surface area contributed by atoms with Crippen molar-refractivity contribution in [3.8, 4) is 12.3 Å². The molecule has 1 atom stereocenters. The Morgan fingerprint density at radius 3 is 3.06 bits per heavy atom. The van der Waals surface area contributed by atoms with Crippen LogP contribution in [0.15, 0.2) is 12.2 Å². The summed E-state index contributed by atoms with van der Waals surface area (Å²) in [6.45, 7) is 2.07. The predicted molar refractivity (Wildman–Crippen MR) is 65.8 cm³/mol. The highest BCUT2D eigenvalue weighted by Gasteiger charge is 2.08. The largest absolute Gasteiger partial charge is 0.345 e. The first kappa shape index (κ1) is 12.8. The van der Waals surface area contributed by atoms with Crippen LogP contribution < -0.4 is 10.6 Å². The molecule has 0 aliphatic heterocycles. The molecule has 0 heterocycles. The zero-order valence-corrected chi connectivity index (χ0v) is 9.67. The average molecular weight is 220 g/mol. The number of allylic oxidation sites excluding steroid dienone is 2. The SMILES string of the molecule is C#CCNC(=O)CCNCC1CC=CCC1. The first-order chi connectivity index (χ1) is 7.83. The van der Waals surface area contributed by atoms with Gasteiger partial charge in [0.2, 0.25) is 5.91 Å². The molecular weight excluding hydrogens is 200 g/mol. The molecule has 0 saturated heterocycles. The Hall–Kier alpha value is -1.27. The van der Waals surface area contributed by atoms with E-state index in [1.807, 2.05) is 0 Å². The molecule has 3 heteroatoms. The molecule has 0 aromatic carbocycles. The van der Waals surface area contributed by atoms with Crippen LogP contribution in [0.2, 0.25) is 0 Å². The molecule has 0 saturated carbocycles. The quantitative estimate of drug-likeness (QED) is 0.399. The molecule has 2 N–H and O–H groups in total. The maximum Gasteiger partial charge on any atom is 0.222 e. The maximum atomic E-state index is 11.2. The van der Waals surface area contributed by atoms with Crippen LogP contribution in [-0.4, -0.2) is 25.5 Å². The van der Waals surface area contributed by atoms with E-state index in [0.29, 0.717) is 13.0 Å². The van der Waals surface area contributed by atoms with Crippen LogP contribution in [0, 0.1) is 18.3 Å². The summed E-state index contributed by atoms with van der Waals surface area (Å²) in [5.41, 5.74) is 0. The molecular formula is C13H20N2O. The number of rotatable bonds is 6. The maximum absolute atomic E-state index is 11.2. The van der Waals surface area contributed by atoms with Crippen molar-refractivity contribution < 1.29 is 4.79 Å². The van der Waals surface area contributed by atoms with Gasteiger partial charge < -0.3 is 10.6 Å². The Balaban J connectivity index is 1.97. The van der Waals surface area contributed by atoms with Crippen LogP contribution in [0.5, 0.6) is 0 Å². The third-order valence-electron chi connectivity index (χ3n) is 2.73. The Morgan fingerprint density at radius 2 is 2.38 bits per heavy atom. The van der Waals surface area contributed by atoms with Crippen molar-refractivity contribution in [1.29, 1.82) is 0 Å². The molecule has 1 amide bonds. The second-order valence-corrected chi connectivity index (χ2v) is 4.09. The lowest BCUT2D eigenvalue weighted by Crippen LogP contribution is -2.30. The highest BCUT2D eigenvalue weighted by atomic mass is 16.1. The molecule has 1 aliphatic carbocycles. The molecule has 0 bridgehead atoms. The number of carbonyl (C=O) groups excluding carboxylic acids is 1. The Kier molecular flexibility index (Phi) is 6.36. The monoisotopic (exact) mass is 220 g/mol. The molecule has 0 aromatic rings. The standard InChI is InChI=1S/C13H20N2O/c1-2-9-15-13(16)8-10-14-11-12-6-4-3-5-7-12/h1,3-4,12,14H,5-11H2,(H,15,16). The van der Waals surface area contributed by atoms with Gasteiger partial charge in [-0.25, -0.2) is 0 Å². The first-order valence-electron chi connectivity index (χ1n) is 5.89. The van der Waals surface area contributed by atoms with Crippen molar-refractivity contribution in [2.24, 2.45) is 5.92 Å². The first-order valence-corrected chi connectivity index (χ1v) is 5.89. The Bertz CT molecular complexity index is 278. The van der Waals surface area contributed by atoms with Gasteiger partial charge in [-0.05, 0) is 31.7 Å². The molecule has 0 aromatic heterocycles. The summed E-state index contributed by atoms with van der Waals surface area (Å²) < 4.78 is 0. The second-order valence-electron chi connectivity index (χ2n) is 4.09. The van der Waals surface area contributed by atoms with E-state index in [9.17, 15) is 4.79 Å². The summed E-state index contributed by atoms with van der Waals surface area (Å²) in [5, 5.41) is 5.96. The predicted octanol–water partition coefficient (Wildman–Crippen LogP) is 1.07. The molecule has 16 heavy (non-hydrogen) atoms. The summed E-state index contributed by atoms with van der Waals surface area (Å²) in [7, 11) is 0. The normalized spacial score (nSPS) is 19.1. The third-order valence-corrected chi connectivity index (χ3v) is 2.73. The summed E-state index contributed by atoms with van der Waals surface area (Å²) in [6, 6.07) is 0. The number of terminal acetylenes is 1. The fraction of sp³-hybridized carbons (Fsp3) is 0.615. The average Bonchev–Trinajstić information content (AvgIpc) is 2.33. The highest BCUT2D eigenvalue weighted by molar-refractivity contribution is 5.76. The fourth-order valence-corrected chi connectivity index (χ4v) is 1.79. The van der Waals surface area contributed by atoms with E-state index >= 15 is 0 Å². The van der Waals surface area contributed by atoms with Gasteiger partial charge in [-0.2, -0.15) is 0 Å². The summed E-state index contributed by atoms with van der Waals surface area (Å²) in [6.07, 6.45) is 13.6. The molecule has 0 radical (unpaired) electrons. The minimum atomic E-state index is 0.0222. The van der Waals surface area contributed by atoms with Gasteiger partial charge in [0.25, 0.3) is 0 Å². The van der Waals surface area contributed by atoms with E-state index in [2.05, 4.69) is 28.7 Å². The number of hydrogen-bond acceptors (Lipinski definition) is 2. The lowest BCUT2D eigenvalue weighted by atomic mass is 9.94. The lowest BCUT2D eigenvalue weighted by molar-refractivity contribution is -0.120. The molecule has 0 fully saturated rings. The van der Waals surface area contributed by atoms with Gasteiger partial charge in [0.1, 0.15) is 0 Å². The Labute approximate surface area is 97.7 Å². The van der Waals surface area contributed by atoms with Gasteiger partial charge in [-0.3, -0.25) is 4.79 Å². The van der Waals surface area contributed by atoms with Gasteiger partial charge in [0.15, 0.2) is 0 Å². The van der Waals surface area contributed by atoms with Gasteiger partial charge in [-0.1, -0.05) is 18.1 Å². The minimum Gasteiger partial charge on any atom is -0.345 e.